The Morgan fingerprint density at radius 2 is 2.22 bits per heavy atom. The smallest absolute Gasteiger partial charge is 0.00846 e. The van der Waals surface area contributed by atoms with Gasteiger partial charge in [-0.05, 0) is 37.5 Å². The zero-order valence-electron chi connectivity index (χ0n) is 6.11. The molecule has 2 aliphatic rings. The maximum absolute atomic E-state index is 2.47. The molecule has 2 rings (SSSR count). The lowest BCUT2D eigenvalue weighted by Crippen LogP contribution is -1.96. The van der Waals surface area contributed by atoms with Gasteiger partial charge in [0.05, 0.1) is 0 Å². The first kappa shape index (κ1) is 5.52. The van der Waals surface area contributed by atoms with E-state index in [9.17, 15) is 0 Å². The van der Waals surface area contributed by atoms with Crippen LogP contribution in [0.4, 0.5) is 0 Å². The summed E-state index contributed by atoms with van der Waals surface area (Å²) in [7, 11) is 0. The van der Waals surface area contributed by atoms with Crippen LogP contribution in [0.3, 0.4) is 0 Å². The molecule has 2 aliphatic carbocycles. The molecular formula is C9H14. The van der Waals surface area contributed by atoms with Crippen LogP contribution < -0.4 is 0 Å². The molecule has 0 heterocycles. The minimum absolute atomic E-state index is 0.773. The van der Waals surface area contributed by atoms with Gasteiger partial charge in [-0.1, -0.05) is 18.6 Å². The van der Waals surface area contributed by atoms with Crippen molar-refractivity contribution < 1.29 is 0 Å². The molecule has 0 atom stereocenters. The molecule has 9 heavy (non-hydrogen) atoms. The lowest BCUT2D eigenvalue weighted by Gasteiger charge is -2.08. The lowest BCUT2D eigenvalue weighted by atomic mass is 9.97. The normalized spacial score (nSPS) is 28.8. The summed E-state index contributed by atoms with van der Waals surface area (Å²) in [5.41, 5.74) is 2.54. The number of allylic oxidation sites excluding steroid dienone is 2. The molecule has 0 bridgehead atoms. The topological polar surface area (TPSA) is 0 Å². The molecule has 0 saturated heterocycles. The molecule has 1 spiro atoms. The summed E-state index contributed by atoms with van der Waals surface area (Å²) in [6, 6.07) is 0. The Kier molecular flexibility index (Phi) is 0.992. The van der Waals surface area contributed by atoms with Crippen molar-refractivity contribution >= 4 is 0 Å². The van der Waals surface area contributed by atoms with Crippen molar-refractivity contribution in [1.29, 1.82) is 0 Å². The fourth-order valence-corrected chi connectivity index (χ4v) is 2.14. The molecule has 0 nitrogen and oxygen atoms in total. The molecule has 0 unspecified atom stereocenters. The molecule has 1 fully saturated rings. The zero-order chi connectivity index (χ0) is 6.32. The van der Waals surface area contributed by atoms with Crippen molar-refractivity contribution in [3.63, 3.8) is 0 Å². The van der Waals surface area contributed by atoms with Gasteiger partial charge in [-0.25, -0.2) is 0 Å². The summed E-state index contributed by atoms with van der Waals surface area (Å²) in [5.74, 6) is 0. The van der Waals surface area contributed by atoms with Crippen LogP contribution in [-0.2, 0) is 0 Å². The maximum Gasteiger partial charge on any atom is -0.00846 e. The summed E-state index contributed by atoms with van der Waals surface area (Å²) < 4.78 is 0. The zero-order valence-corrected chi connectivity index (χ0v) is 6.11. The van der Waals surface area contributed by atoms with Gasteiger partial charge in [0.1, 0.15) is 0 Å². The minimum Gasteiger partial charge on any atom is -0.0847 e. The SMILES string of the molecule is CCC1=CCCC12CC2. The van der Waals surface area contributed by atoms with Crippen LogP contribution in [0.2, 0.25) is 0 Å². The van der Waals surface area contributed by atoms with Gasteiger partial charge in [-0.3, -0.25) is 0 Å². The minimum atomic E-state index is 0.773. The quantitative estimate of drug-likeness (QED) is 0.469. The second-order valence-electron chi connectivity index (χ2n) is 3.40. The van der Waals surface area contributed by atoms with Crippen molar-refractivity contribution in [1.82, 2.24) is 0 Å². The molecule has 0 heteroatoms. The van der Waals surface area contributed by atoms with Gasteiger partial charge in [0.25, 0.3) is 0 Å². The van der Waals surface area contributed by atoms with Gasteiger partial charge >= 0.3 is 0 Å². The van der Waals surface area contributed by atoms with E-state index >= 15 is 0 Å². The van der Waals surface area contributed by atoms with Crippen LogP contribution in [0.5, 0.6) is 0 Å². The lowest BCUT2D eigenvalue weighted by molar-refractivity contribution is 0.583. The Bertz CT molecular complexity index is 149. The molecule has 0 aromatic heterocycles. The van der Waals surface area contributed by atoms with E-state index in [0.29, 0.717) is 0 Å². The van der Waals surface area contributed by atoms with E-state index in [2.05, 4.69) is 13.0 Å². The standard InChI is InChI=1S/C9H14/c1-2-8-4-3-5-9(8)6-7-9/h4H,2-3,5-7H2,1H3. The van der Waals surface area contributed by atoms with Crippen LogP contribution in [0.25, 0.3) is 0 Å². The van der Waals surface area contributed by atoms with Gasteiger partial charge in [0.15, 0.2) is 0 Å². The Hall–Kier alpha value is -0.260. The van der Waals surface area contributed by atoms with E-state index in [0.717, 1.165) is 5.41 Å². The molecule has 0 aromatic rings. The van der Waals surface area contributed by atoms with Crippen LogP contribution >= 0.6 is 0 Å². The predicted molar refractivity (Wildman–Crippen MR) is 39.3 cm³/mol. The highest BCUT2D eigenvalue weighted by Gasteiger charge is 2.46. The van der Waals surface area contributed by atoms with Crippen molar-refractivity contribution in [3.8, 4) is 0 Å². The molecule has 50 valence electrons. The Morgan fingerprint density at radius 3 is 2.67 bits per heavy atom. The first-order chi connectivity index (χ1) is 4.37. The summed E-state index contributed by atoms with van der Waals surface area (Å²) in [6.07, 6.45) is 9.59. The molecule has 0 radical (unpaired) electrons. The van der Waals surface area contributed by atoms with Gasteiger partial charge in [0, 0.05) is 0 Å². The van der Waals surface area contributed by atoms with Gasteiger partial charge in [-0.15, -0.1) is 0 Å². The van der Waals surface area contributed by atoms with E-state index in [1.807, 2.05) is 0 Å². The molecule has 0 N–H and O–H groups in total. The largest absolute Gasteiger partial charge is 0.0847 e. The maximum atomic E-state index is 2.47. The number of rotatable bonds is 1. The summed E-state index contributed by atoms with van der Waals surface area (Å²) in [4.78, 5) is 0. The molecular weight excluding hydrogens is 108 g/mol. The Morgan fingerprint density at radius 1 is 1.44 bits per heavy atom. The van der Waals surface area contributed by atoms with Crippen molar-refractivity contribution in [2.45, 2.75) is 39.0 Å². The summed E-state index contributed by atoms with van der Waals surface area (Å²) in [5, 5.41) is 0. The van der Waals surface area contributed by atoms with Crippen molar-refractivity contribution in [3.05, 3.63) is 11.6 Å². The van der Waals surface area contributed by atoms with E-state index in [-0.39, 0.29) is 0 Å². The van der Waals surface area contributed by atoms with Crippen LogP contribution in [-0.4, -0.2) is 0 Å². The second kappa shape index (κ2) is 1.62. The highest BCUT2D eigenvalue weighted by Crippen LogP contribution is 2.59. The summed E-state index contributed by atoms with van der Waals surface area (Å²) in [6.45, 7) is 2.29. The third kappa shape index (κ3) is 0.654. The predicted octanol–water partition coefficient (Wildman–Crippen LogP) is 2.90. The van der Waals surface area contributed by atoms with E-state index in [4.69, 9.17) is 0 Å². The third-order valence-corrected chi connectivity index (χ3v) is 2.93. The fraction of sp³-hybridized carbons (Fsp3) is 0.778. The van der Waals surface area contributed by atoms with Gasteiger partial charge < -0.3 is 0 Å². The fourth-order valence-electron chi connectivity index (χ4n) is 2.14. The van der Waals surface area contributed by atoms with Gasteiger partial charge in [-0.2, -0.15) is 0 Å². The van der Waals surface area contributed by atoms with E-state index in [1.54, 1.807) is 5.57 Å². The van der Waals surface area contributed by atoms with Crippen LogP contribution in [0.15, 0.2) is 11.6 Å². The first-order valence-electron chi connectivity index (χ1n) is 4.07. The second-order valence-corrected chi connectivity index (χ2v) is 3.40. The van der Waals surface area contributed by atoms with Crippen molar-refractivity contribution in [2.24, 2.45) is 5.41 Å². The molecule has 1 saturated carbocycles. The highest BCUT2D eigenvalue weighted by atomic mass is 14.5. The molecule has 0 amide bonds. The third-order valence-electron chi connectivity index (χ3n) is 2.93. The first-order valence-corrected chi connectivity index (χ1v) is 4.07. The molecule has 0 aliphatic heterocycles. The van der Waals surface area contributed by atoms with Gasteiger partial charge in [0.2, 0.25) is 0 Å². The molecule has 0 aromatic carbocycles. The number of hydrogen-bond donors (Lipinski definition) is 0. The Balaban J connectivity index is 2.18. The average Bonchev–Trinajstić information content (AvgIpc) is 2.45. The van der Waals surface area contributed by atoms with E-state index in [1.165, 1.54) is 32.1 Å². The van der Waals surface area contributed by atoms with Crippen LogP contribution in [0, 0.1) is 5.41 Å². The van der Waals surface area contributed by atoms with Crippen LogP contribution in [0.1, 0.15) is 39.0 Å². The number of hydrogen-bond acceptors (Lipinski definition) is 0. The monoisotopic (exact) mass is 122 g/mol. The Labute approximate surface area is 57.0 Å². The average molecular weight is 122 g/mol. The van der Waals surface area contributed by atoms with E-state index < -0.39 is 0 Å². The highest BCUT2D eigenvalue weighted by molar-refractivity contribution is 5.26. The summed E-state index contributed by atoms with van der Waals surface area (Å²) >= 11 is 0. The van der Waals surface area contributed by atoms with Crippen molar-refractivity contribution in [2.75, 3.05) is 0 Å².